The van der Waals surface area contributed by atoms with E-state index in [-0.39, 0.29) is 0 Å². The van der Waals surface area contributed by atoms with Crippen LogP contribution in [0.3, 0.4) is 0 Å². The SMILES string of the molecule is CCCOc1ccc(-c2ccc(C3CC[CH]CC3)cc2)cc1C#N. The molecule has 0 N–H and O–H groups in total. The average Bonchev–Trinajstić information content (AvgIpc) is 2.67. The molecule has 24 heavy (non-hydrogen) atoms. The Morgan fingerprint density at radius 2 is 1.75 bits per heavy atom. The third-order valence-electron chi connectivity index (χ3n) is 4.72. The third kappa shape index (κ3) is 3.79. The van der Waals surface area contributed by atoms with Gasteiger partial charge >= 0.3 is 0 Å². The van der Waals surface area contributed by atoms with Crippen molar-refractivity contribution < 1.29 is 4.74 Å². The molecular weight excluding hydrogens is 294 g/mol. The van der Waals surface area contributed by atoms with E-state index >= 15 is 0 Å². The summed E-state index contributed by atoms with van der Waals surface area (Å²) in [6.45, 7) is 2.70. The van der Waals surface area contributed by atoms with Crippen molar-refractivity contribution in [3.63, 3.8) is 0 Å². The molecule has 0 aliphatic heterocycles. The number of ether oxygens (including phenoxy) is 1. The normalized spacial score (nSPS) is 15.0. The Labute approximate surface area is 145 Å². The topological polar surface area (TPSA) is 33.0 Å². The molecule has 2 nitrogen and oxygen atoms in total. The van der Waals surface area contributed by atoms with Gasteiger partial charge in [0.25, 0.3) is 0 Å². The molecule has 1 aliphatic rings. The molecule has 1 aliphatic carbocycles. The number of nitriles is 1. The summed E-state index contributed by atoms with van der Waals surface area (Å²) in [6, 6.07) is 17.0. The maximum absolute atomic E-state index is 9.37. The maximum Gasteiger partial charge on any atom is 0.137 e. The first-order chi connectivity index (χ1) is 11.8. The number of hydrogen-bond donors (Lipinski definition) is 0. The van der Waals surface area contributed by atoms with Crippen molar-refractivity contribution in [2.24, 2.45) is 0 Å². The van der Waals surface area contributed by atoms with Crippen LogP contribution in [-0.2, 0) is 0 Å². The molecular formula is C22H24NO. The molecule has 1 saturated carbocycles. The van der Waals surface area contributed by atoms with E-state index in [1.54, 1.807) is 0 Å². The van der Waals surface area contributed by atoms with Crippen LogP contribution in [0.1, 0.15) is 56.1 Å². The molecule has 2 aromatic carbocycles. The summed E-state index contributed by atoms with van der Waals surface area (Å²) in [6.07, 6.45) is 8.33. The molecule has 3 rings (SSSR count). The molecule has 0 unspecified atom stereocenters. The van der Waals surface area contributed by atoms with Gasteiger partial charge < -0.3 is 4.74 Å². The third-order valence-corrected chi connectivity index (χ3v) is 4.72. The second kappa shape index (κ2) is 8.02. The lowest BCUT2D eigenvalue weighted by atomic mass is 9.83. The van der Waals surface area contributed by atoms with Gasteiger partial charge in [-0.1, -0.05) is 37.3 Å². The largest absolute Gasteiger partial charge is 0.492 e. The van der Waals surface area contributed by atoms with E-state index in [2.05, 4.69) is 43.7 Å². The maximum atomic E-state index is 9.37. The molecule has 0 spiro atoms. The predicted octanol–water partition coefficient (Wildman–Crippen LogP) is 5.88. The molecule has 123 valence electrons. The van der Waals surface area contributed by atoms with Gasteiger partial charge in [0.05, 0.1) is 12.2 Å². The van der Waals surface area contributed by atoms with Crippen LogP contribution in [-0.4, -0.2) is 6.61 Å². The summed E-state index contributed by atoms with van der Waals surface area (Å²) in [7, 11) is 0. The van der Waals surface area contributed by atoms with Crippen molar-refractivity contribution >= 4 is 0 Å². The van der Waals surface area contributed by atoms with E-state index < -0.39 is 0 Å². The molecule has 0 aromatic heterocycles. The summed E-state index contributed by atoms with van der Waals surface area (Å²) in [5.41, 5.74) is 4.27. The standard InChI is InChI=1S/C22H24NO/c1-2-14-24-22-13-12-20(15-21(22)16-23)19-10-8-18(9-11-19)17-6-4-3-5-7-17/h3,8-13,15,17H,2,4-7,14H2,1H3. The summed E-state index contributed by atoms with van der Waals surface area (Å²) < 4.78 is 5.64. The lowest BCUT2D eigenvalue weighted by molar-refractivity contribution is 0.316. The van der Waals surface area contributed by atoms with E-state index in [1.807, 2.05) is 18.2 Å². The van der Waals surface area contributed by atoms with Crippen LogP contribution in [0.25, 0.3) is 11.1 Å². The van der Waals surface area contributed by atoms with Gasteiger partial charge in [-0.05, 0) is 73.3 Å². The minimum absolute atomic E-state index is 0.604. The fraction of sp³-hybridized carbons (Fsp3) is 0.364. The molecule has 0 bridgehead atoms. The van der Waals surface area contributed by atoms with Crippen LogP contribution >= 0.6 is 0 Å². The second-order valence-electron chi connectivity index (χ2n) is 6.43. The first-order valence-electron chi connectivity index (χ1n) is 8.90. The fourth-order valence-electron chi connectivity index (χ4n) is 3.34. The highest BCUT2D eigenvalue weighted by atomic mass is 16.5. The van der Waals surface area contributed by atoms with Crippen molar-refractivity contribution in [3.05, 3.63) is 60.0 Å². The molecule has 2 aromatic rings. The van der Waals surface area contributed by atoms with Gasteiger partial charge in [0.15, 0.2) is 0 Å². The molecule has 0 atom stereocenters. The van der Waals surface area contributed by atoms with Crippen LogP contribution in [0.5, 0.6) is 5.75 Å². The number of benzene rings is 2. The van der Waals surface area contributed by atoms with Crippen LogP contribution < -0.4 is 4.74 Å². The van der Waals surface area contributed by atoms with E-state index in [1.165, 1.54) is 31.2 Å². The highest BCUT2D eigenvalue weighted by Crippen LogP contribution is 2.33. The first-order valence-corrected chi connectivity index (χ1v) is 8.90. The average molecular weight is 318 g/mol. The number of nitrogens with zero attached hydrogens (tertiary/aromatic N) is 1. The van der Waals surface area contributed by atoms with Gasteiger partial charge in [-0.25, -0.2) is 0 Å². The van der Waals surface area contributed by atoms with Gasteiger partial charge in [-0.3, -0.25) is 0 Å². The Balaban J connectivity index is 1.79. The summed E-state index contributed by atoms with van der Waals surface area (Å²) >= 11 is 0. The molecule has 0 amide bonds. The van der Waals surface area contributed by atoms with Gasteiger partial charge in [0.2, 0.25) is 0 Å². The molecule has 0 saturated heterocycles. The van der Waals surface area contributed by atoms with Crippen LogP contribution in [0.15, 0.2) is 42.5 Å². The van der Waals surface area contributed by atoms with E-state index in [0.717, 1.165) is 17.5 Å². The fourth-order valence-corrected chi connectivity index (χ4v) is 3.34. The van der Waals surface area contributed by atoms with Gasteiger partial charge in [-0.2, -0.15) is 5.26 Å². The first kappa shape index (κ1) is 16.6. The van der Waals surface area contributed by atoms with Crippen molar-refractivity contribution in [1.29, 1.82) is 5.26 Å². The van der Waals surface area contributed by atoms with E-state index in [4.69, 9.17) is 4.74 Å². The monoisotopic (exact) mass is 318 g/mol. The molecule has 2 heteroatoms. The molecule has 0 heterocycles. The van der Waals surface area contributed by atoms with E-state index in [0.29, 0.717) is 23.8 Å². The number of hydrogen-bond acceptors (Lipinski definition) is 2. The summed E-state index contributed by atoms with van der Waals surface area (Å²) in [4.78, 5) is 0. The van der Waals surface area contributed by atoms with Crippen molar-refractivity contribution in [2.75, 3.05) is 6.61 Å². The van der Waals surface area contributed by atoms with Crippen LogP contribution in [0.4, 0.5) is 0 Å². The second-order valence-corrected chi connectivity index (χ2v) is 6.43. The zero-order valence-corrected chi connectivity index (χ0v) is 14.3. The lowest BCUT2D eigenvalue weighted by Crippen LogP contribution is -2.04. The quantitative estimate of drug-likeness (QED) is 0.690. The van der Waals surface area contributed by atoms with E-state index in [9.17, 15) is 5.26 Å². The minimum atomic E-state index is 0.604. The summed E-state index contributed by atoms with van der Waals surface area (Å²) in [5.74, 6) is 1.38. The highest BCUT2D eigenvalue weighted by molar-refractivity contribution is 5.67. The van der Waals surface area contributed by atoms with Crippen LogP contribution in [0.2, 0.25) is 0 Å². The van der Waals surface area contributed by atoms with Crippen molar-refractivity contribution in [1.82, 2.24) is 0 Å². The highest BCUT2D eigenvalue weighted by Gasteiger charge is 2.15. The van der Waals surface area contributed by atoms with Gasteiger partial charge in [0, 0.05) is 0 Å². The molecule has 1 radical (unpaired) electrons. The van der Waals surface area contributed by atoms with Gasteiger partial charge in [0.1, 0.15) is 11.8 Å². The zero-order chi connectivity index (χ0) is 16.8. The lowest BCUT2D eigenvalue weighted by Gasteiger charge is -2.22. The predicted molar refractivity (Wildman–Crippen MR) is 97.9 cm³/mol. The van der Waals surface area contributed by atoms with Crippen LogP contribution in [0, 0.1) is 17.8 Å². The Hall–Kier alpha value is -2.27. The summed E-state index contributed by atoms with van der Waals surface area (Å²) in [5, 5.41) is 9.37. The minimum Gasteiger partial charge on any atom is -0.492 e. The number of rotatable bonds is 5. The van der Waals surface area contributed by atoms with Crippen molar-refractivity contribution in [3.8, 4) is 22.9 Å². The Morgan fingerprint density at radius 3 is 2.42 bits per heavy atom. The van der Waals surface area contributed by atoms with Crippen molar-refractivity contribution in [2.45, 2.75) is 44.9 Å². The zero-order valence-electron chi connectivity index (χ0n) is 14.3. The molecule has 1 fully saturated rings. The Bertz CT molecular complexity index is 706. The Morgan fingerprint density at radius 1 is 1.04 bits per heavy atom. The van der Waals surface area contributed by atoms with Gasteiger partial charge in [-0.15, -0.1) is 0 Å². The Kier molecular flexibility index (Phi) is 5.54. The smallest absolute Gasteiger partial charge is 0.137 e.